The third-order valence-electron chi connectivity index (χ3n) is 9.99. The molecule has 0 amide bonds. The van der Waals surface area contributed by atoms with Crippen LogP contribution in [0.4, 0.5) is 4.39 Å². The zero-order valence-corrected chi connectivity index (χ0v) is 21.0. The van der Waals surface area contributed by atoms with Gasteiger partial charge >= 0.3 is 0 Å². The summed E-state index contributed by atoms with van der Waals surface area (Å²) in [7, 11) is 0. The lowest BCUT2D eigenvalue weighted by Crippen LogP contribution is -2.34. The first kappa shape index (κ1) is 23.4. The third kappa shape index (κ3) is 5.51. The lowest BCUT2D eigenvalue weighted by molar-refractivity contribution is 0.0612. The van der Waals surface area contributed by atoms with Crippen LogP contribution in [0.5, 0.6) is 0 Å². The number of aromatic nitrogens is 1. The van der Waals surface area contributed by atoms with E-state index in [2.05, 4.69) is 18.0 Å². The number of hydrogen-bond donors (Lipinski definition) is 1. The maximum absolute atomic E-state index is 14.1. The van der Waals surface area contributed by atoms with Crippen molar-refractivity contribution in [2.45, 2.75) is 116 Å². The smallest absolute Gasteiger partial charge is 0.132 e. The van der Waals surface area contributed by atoms with Gasteiger partial charge in [-0.1, -0.05) is 57.9 Å². The van der Waals surface area contributed by atoms with E-state index in [-0.39, 0.29) is 5.82 Å². The Morgan fingerprint density at radius 3 is 2.27 bits per heavy atom. The molecule has 5 rings (SSSR count). The normalized spacial score (nSPS) is 32.7. The molecule has 182 valence electrons. The molecule has 33 heavy (non-hydrogen) atoms. The minimum atomic E-state index is -0.0911. The Bertz CT molecular complexity index is 876. The van der Waals surface area contributed by atoms with Crippen LogP contribution in [0.15, 0.2) is 24.3 Å². The predicted molar refractivity (Wildman–Crippen MR) is 138 cm³/mol. The first-order chi connectivity index (χ1) is 16.2. The van der Waals surface area contributed by atoms with Crippen LogP contribution in [0.25, 0.3) is 10.9 Å². The fourth-order valence-corrected chi connectivity index (χ4v) is 8.01. The molecule has 0 unspecified atom stereocenters. The molecule has 1 aromatic heterocycles. The van der Waals surface area contributed by atoms with Crippen LogP contribution in [0.2, 0.25) is 0 Å². The van der Waals surface area contributed by atoms with Gasteiger partial charge in [-0.3, -0.25) is 0 Å². The first-order valence-electron chi connectivity index (χ1n) is 14.5. The van der Waals surface area contributed by atoms with Crippen LogP contribution in [0, 0.1) is 35.4 Å². The van der Waals surface area contributed by atoms with Gasteiger partial charge in [0.25, 0.3) is 0 Å². The Kier molecular flexibility index (Phi) is 7.78. The largest absolute Gasteiger partial charge is 0.358 e. The fourth-order valence-electron chi connectivity index (χ4n) is 8.01. The fraction of sp³-hybridized carbons (Fsp3) is 0.742. The van der Waals surface area contributed by atoms with Gasteiger partial charge in [-0.2, -0.15) is 0 Å². The summed E-state index contributed by atoms with van der Waals surface area (Å²) >= 11 is 0. The monoisotopic (exact) mass is 451 g/mol. The van der Waals surface area contributed by atoms with E-state index in [0.29, 0.717) is 5.92 Å². The first-order valence-corrected chi connectivity index (χ1v) is 14.5. The van der Waals surface area contributed by atoms with E-state index >= 15 is 0 Å². The number of H-pyrrole nitrogens is 1. The summed E-state index contributed by atoms with van der Waals surface area (Å²) in [5.74, 6) is 5.56. The number of rotatable bonds is 8. The predicted octanol–water partition coefficient (Wildman–Crippen LogP) is 9.77. The zero-order valence-electron chi connectivity index (χ0n) is 21.0. The molecule has 1 nitrogen and oxygen atoms in total. The molecule has 2 heteroatoms. The van der Waals surface area contributed by atoms with Gasteiger partial charge in [-0.25, -0.2) is 4.39 Å². The van der Waals surface area contributed by atoms with Gasteiger partial charge in [-0.15, -0.1) is 0 Å². The highest BCUT2D eigenvalue weighted by Crippen LogP contribution is 2.50. The van der Waals surface area contributed by atoms with Crippen LogP contribution < -0.4 is 0 Å². The summed E-state index contributed by atoms with van der Waals surface area (Å²) in [6.07, 6.45) is 23.2. The van der Waals surface area contributed by atoms with Crippen molar-refractivity contribution in [1.29, 1.82) is 0 Å². The molecular formula is C31H46FN. The topological polar surface area (TPSA) is 15.8 Å². The van der Waals surface area contributed by atoms with E-state index in [1.807, 2.05) is 12.1 Å². The molecule has 3 fully saturated rings. The SMILES string of the molecule is CCCCCCC[C@H]1CC[C@@H]2C[C@H](C3CCC(c4cc5c(F)cccc5[nH]4)CC3)CC[C@H]2C1. The van der Waals surface area contributed by atoms with Crippen molar-refractivity contribution in [3.63, 3.8) is 0 Å². The van der Waals surface area contributed by atoms with Crippen molar-refractivity contribution < 1.29 is 4.39 Å². The second kappa shape index (κ2) is 11.0. The van der Waals surface area contributed by atoms with E-state index in [0.717, 1.165) is 40.5 Å². The molecule has 0 saturated heterocycles. The Morgan fingerprint density at radius 1 is 0.788 bits per heavy atom. The molecule has 3 aliphatic rings. The minimum Gasteiger partial charge on any atom is -0.358 e. The highest BCUT2D eigenvalue weighted by molar-refractivity contribution is 5.81. The highest BCUT2D eigenvalue weighted by Gasteiger charge is 2.38. The number of aromatic amines is 1. The second-order valence-corrected chi connectivity index (χ2v) is 12.0. The van der Waals surface area contributed by atoms with Gasteiger partial charge < -0.3 is 4.98 Å². The number of benzene rings is 1. The second-order valence-electron chi connectivity index (χ2n) is 12.0. The quantitative estimate of drug-likeness (QED) is 0.384. The van der Waals surface area contributed by atoms with E-state index in [1.165, 1.54) is 102 Å². The van der Waals surface area contributed by atoms with Gasteiger partial charge in [0.2, 0.25) is 0 Å². The summed E-state index contributed by atoms with van der Waals surface area (Å²) in [4.78, 5) is 3.53. The van der Waals surface area contributed by atoms with Crippen LogP contribution in [-0.2, 0) is 0 Å². The number of unbranched alkanes of at least 4 members (excludes halogenated alkanes) is 4. The Balaban J connectivity index is 1.07. The van der Waals surface area contributed by atoms with Crippen molar-refractivity contribution in [1.82, 2.24) is 4.98 Å². The van der Waals surface area contributed by atoms with Gasteiger partial charge in [0.05, 0.1) is 0 Å². The van der Waals surface area contributed by atoms with Crippen LogP contribution in [0.1, 0.15) is 121 Å². The summed E-state index contributed by atoms with van der Waals surface area (Å²) in [5.41, 5.74) is 2.23. The number of nitrogens with one attached hydrogen (secondary N) is 1. The molecule has 3 saturated carbocycles. The average molecular weight is 452 g/mol. The maximum Gasteiger partial charge on any atom is 0.132 e. The van der Waals surface area contributed by atoms with Crippen molar-refractivity contribution >= 4 is 10.9 Å². The van der Waals surface area contributed by atoms with Gasteiger partial charge in [-0.05, 0) is 111 Å². The van der Waals surface area contributed by atoms with Crippen LogP contribution in [0.3, 0.4) is 0 Å². The Labute approximate surface area is 201 Å². The number of hydrogen-bond acceptors (Lipinski definition) is 0. The zero-order chi connectivity index (χ0) is 22.6. The van der Waals surface area contributed by atoms with Crippen LogP contribution >= 0.6 is 0 Å². The molecule has 1 N–H and O–H groups in total. The summed E-state index contributed by atoms with van der Waals surface area (Å²) in [5, 5.41) is 0.768. The Hall–Kier alpha value is -1.31. The van der Waals surface area contributed by atoms with Crippen molar-refractivity contribution in [2.24, 2.45) is 29.6 Å². The molecule has 0 radical (unpaired) electrons. The van der Waals surface area contributed by atoms with Gasteiger partial charge in [0, 0.05) is 16.6 Å². The molecule has 1 aromatic carbocycles. The highest BCUT2D eigenvalue weighted by atomic mass is 19.1. The third-order valence-corrected chi connectivity index (χ3v) is 9.99. The van der Waals surface area contributed by atoms with Crippen molar-refractivity contribution in [3.8, 4) is 0 Å². The van der Waals surface area contributed by atoms with Gasteiger partial charge in [0.15, 0.2) is 0 Å². The van der Waals surface area contributed by atoms with Crippen molar-refractivity contribution in [3.05, 3.63) is 35.8 Å². The molecule has 4 atom stereocenters. The van der Waals surface area contributed by atoms with Gasteiger partial charge in [0.1, 0.15) is 5.82 Å². The summed E-state index contributed by atoms with van der Waals surface area (Å²) in [6.45, 7) is 2.31. The summed E-state index contributed by atoms with van der Waals surface area (Å²) < 4.78 is 14.1. The minimum absolute atomic E-state index is 0.0911. The molecular weight excluding hydrogens is 405 g/mol. The molecule has 0 spiro atoms. The molecule has 2 aromatic rings. The van der Waals surface area contributed by atoms with E-state index in [1.54, 1.807) is 12.5 Å². The summed E-state index contributed by atoms with van der Waals surface area (Å²) in [6, 6.07) is 7.48. The number of fused-ring (bicyclic) bond motifs is 2. The molecule has 0 bridgehead atoms. The average Bonchev–Trinajstić information content (AvgIpc) is 3.29. The Morgan fingerprint density at radius 2 is 1.48 bits per heavy atom. The standard InChI is InChI=1S/C31H46FN/c1-2-3-4-5-6-8-22-11-12-27-20-26(18-17-25(27)19-22)23-13-15-24(16-14-23)31-21-28-29(32)9-7-10-30(28)33-31/h7,9-10,21-27,33H,2-6,8,11-20H2,1H3/t22-,23?,24?,25-,26+,27+/m0/s1. The lowest BCUT2D eigenvalue weighted by Gasteiger charge is -2.45. The molecule has 0 aliphatic heterocycles. The number of halogens is 1. The van der Waals surface area contributed by atoms with E-state index < -0.39 is 0 Å². The van der Waals surface area contributed by atoms with Crippen LogP contribution in [-0.4, -0.2) is 4.98 Å². The van der Waals surface area contributed by atoms with E-state index in [4.69, 9.17) is 0 Å². The maximum atomic E-state index is 14.1. The van der Waals surface area contributed by atoms with E-state index in [9.17, 15) is 4.39 Å². The molecule has 3 aliphatic carbocycles. The lowest BCUT2D eigenvalue weighted by atomic mass is 9.60. The molecule has 1 heterocycles. The van der Waals surface area contributed by atoms with Crippen molar-refractivity contribution in [2.75, 3.05) is 0 Å².